The molecule has 0 bridgehead atoms. The summed E-state index contributed by atoms with van der Waals surface area (Å²) in [7, 11) is 1.65. The molecule has 1 aliphatic rings. The Kier molecular flexibility index (Phi) is 6.82. The number of amides is 1. The van der Waals surface area contributed by atoms with Crippen LogP contribution in [-0.2, 0) is 11.2 Å². The lowest BCUT2D eigenvalue weighted by Crippen LogP contribution is -2.39. The van der Waals surface area contributed by atoms with E-state index in [0.717, 1.165) is 31.4 Å². The molecule has 0 radical (unpaired) electrons. The number of nitrogens with two attached hydrogens (primary N) is 1. The van der Waals surface area contributed by atoms with Gasteiger partial charge in [0.15, 0.2) is 0 Å². The molecule has 0 aromatic heterocycles. The van der Waals surface area contributed by atoms with Crippen molar-refractivity contribution in [2.45, 2.75) is 31.7 Å². The van der Waals surface area contributed by atoms with E-state index in [1.807, 2.05) is 24.3 Å². The van der Waals surface area contributed by atoms with Gasteiger partial charge in [0.1, 0.15) is 5.75 Å². The number of carbonyl (C=O) groups excluding carboxylic acids is 1. The molecule has 112 valence electrons. The number of halogens is 1. The molecule has 0 aliphatic heterocycles. The summed E-state index contributed by atoms with van der Waals surface area (Å²) in [6.07, 6.45) is 3.79. The van der Waals surface area contributed by atoms with Crippen molar-refractivity contribution < 1.29 is 9.53 Å². The molecule has 1 aromatic rings. The zero-order valence-electron chi connectivity index (χ0n) is 11.8. The fourth-order valence-electron chi connectivity index (χ4n) is 2.57. The van der Waals surface area contributed by atoms with E-state index in [-0.39, 0.29) is 30.3 Å². The first-order valence-electron chi connectivity index (χ1n) is 6.87. The van der Waals surface area contributed by atoms with Crippen LogP contribution in [0, 0.1) is 5.92 Å². The van der Waals surface area contributed by atoms with E-state index >= 15 is 0 Å². The van der Waals surface area contributed by atoms with Gasteiger partial charge < -0.3 is 15.8 Å². The van der Waals surface area contributed by atoms with Gasteiger partial charge in [-0.05, 0) is 37.0 Å². The monoisotopic (exact) mass is 298 g/mol. The Bertz CT molecular complexity index is 422. The number of carbonyl (C=O) groups is 1. The Balaban J connectivity index is 0.00000200. The number of benzene rings is 1. The molecule has 2 rings (SSSR count). The zero-order chi connectivity index (χ0) is 13.7. The van der Waals surface area contributed by atoms with Crippen molar-refractivity contribution in [3.63, 3.8) is 0 Å². The number of ether oxygens (including phenoxy) is 1. The molecule has 0 spiro atoms. The molecule has 0 saturated heterocycles. The number of rotatable bonds is 5. The second-order valence-electron chi connectivity index (χ2n) is 5.09. The minimum absolute atomic E-state index is 0. The van der Waals surface area contributed by atoms with Crippen molar-refractivity contribution in [2.24, 2.45) is 11.7 Å². The lowest BCUT2D eigenvalue weighted by Gasteiger charge is -2.15. The van der Waals surface area contributed by atoms with E-state index in [0.29, 0.717) is 6.54 Å². The highest BCUT2D eigenvalue weighted by Crippen LogP contribution is 2.23. The molecule has 1 fully saturated rings. The summed E-state index contributed by atoms with van der Waals surface area (Å²) in [5.41, 5.74) is 7.11. The third-order valence-corrected chi connectivity index (χ3v) is 3.78. The summed E-state index contributed by atoms with van der Waals surface area (Å²) in [5, 5.41) is 2.98. The van der Waals surface area contributed by atoms with Gasteiger partial charge in [-0.3, -0.25) is 4.79 Å². The largest absolute Gasteiger partial charge is 0.497 e. The summed E-state index contributed by atoms with van der Waals surface area (Å²) in [6, 6.07) is 7.95. The lowest BCUT2D eigenvalue weighted by atomic mass is 10.0. The first kappa shape index (κ1) is 16.8. The van der Waals surface area contributed by atoms with Crippen molar-refractivity contribution in [3.8, 4) is 5.75 Å². The highest BCUT2D eigenvalue weighted by atomic mass is 35.5. The zero-order valence-corrected chi connectivity index (χ0v) is 12.6. The van der Waals surface area contributed by atoms with Crippen LogP contribution in [0.3, 0.4) is 0 Å². The van der Waals surface area contributed by atoms with E-state index in [4.69, 9.17) is 10.5 Å². The quantitative estimate of drug-likeness (QED) is 0.873. The number of nitrogens with one attached hydrogen (secondary N) is 1. The van der Waals surface area contributed by atoms with Gasteiger partial charge in [-0.15, -0.1) is 12.4 Å². The fourth-order valence-corrected chi connectivity index (χ4v) is 2.57. The van der Waals surface area contributed by atoms with Crippen molar-refractivity contribution in [3.05, 3.63) is 29.8 Å². The van der Waals surface area contributed by atoms with Crippen molar-refractivity contribution in [1.29, 1.82) is 0 Å². The third kappa shape index (κ3) is 4.39. The van der Waals surface area contributed by atoms with Crippen LogP contribution in [0.4, 0.5) is 0 Å². The maximum absolute atomic E-state index is 11.9. The molecule has 1 aromatic carbocycles. The molecule has 2 atom stereocenters. The van der Waals surface area contributed by atoms with Crippen molar-refractivity contribution in [1.82, 2.24) is 5.32 Å². The van der Waals surface area contributed by atoms with Crippen LogP contribution in [0.5, 0.6) is 5.75 Å². The van der Waals surface area contributed by atoms with Crippen molar-refractivity contribution >= 4 is 18.3 Å². The summed E-state index contributed by atoms with van der Waals surface area (Å²) in [5.74, 6) is 0.971. The van der Waals surface area contributed by atoms with Crippen LogP contribution in [0.25, 0.3) is 0 Å². The summed E-state index contributed by atoms with van der Waals surface area (Å²) < 4.78 is 5.11. The van der Waals surface area contributed by atoms with Crippen LogP contribution < -0.4 is 15.8 Å². The van der Waals surface area contributed by atoms with E-state index in [2.05, 4.69) is 5.32 Å². The Morgan fingerprint density at radius 2 is 2.05 bits per heavy atom. The van der Waals surface area contributed by atoms with E-state index in [1.165, 1.54) is 5.56 Å². The molecule has 3 N–H and O–H groups in total. The molecule has 2 unspecified atom stereocenters. The standard InChI is InChI=1S/C15H22N2O2.ClH/c1-19-12-7-5-11(6-8-12)9-10-17-15(18)13-3-2-4-14(13)16;/h5-8,13-14H,2-4,9-10,16H2,1H3,(H,17,18);1H. The predicted molar refractivity (Wildman–Crippen MR) is 82.3 cm³/mol. The smallest absolute Gasteiger partial charge is 0.224 e. The molecule has 1 aliphatic carbocycles. The van der Waals surface area contributed by atoms with Gasteiger partial charge in [-0.2, -0.15) is 0 Å². The van der Waals surface area contributed by atoms with E-state index in [1.54, 1.807) is 7.11 Å². The Morgan fingerprint density at radius 3 is 2.60 bits per heavy atom. The van der Waals surface area contributed by atoms with Gasteiger partial charge in [-0.25, -0.2) is 0 Å². The number of hydrogen-bond donors (Lipinski definition) is 2. The first-order chi connectivity index (χ1) is 9.20. The van der Waals surface area contributed by atoms with E-state index < -0.39 is 0 Å². The third-order valence-electron chi connectivity index (χ3n) is 3.78. The molecule has 1 amide bonds. The first-order valence-corrected chi connectivity index (χ1v) is 6.87. The van der Waals surface area contributed by atoms with Gasteiger partial charge in [0.25, 0.3) is 0 Å². The second kappa shape index (κ2) is 8.12. The van der Waals surface area contributed by atoms with Gasteiger partial charge in [0.2, 0.25) is 5.91 Å². The molecular weight excluding hydrogens is 276 g/mol. The van der Waals surface area contributed by atoms with Crippen LogP contribution >= 0.6 is 12.4 Å². The fraction of sp³-hybridized carbons (Fsp3) is 0.533. The summed E-state index contributed by atoms with van der Waals surface area (Å²) in [6.45, 7) is 0.661. The van der Waals surface area contributed by atoms with Gasteiger partial charge in [-0.1, -0.05) is 18.6 Å². The van der Waals surface area contributed by atoms with Crippen LogP contribution in [-0.4, -0.2) is 25.6 Å². The Hall–Kier alpha value is -1.26. The Labute approximate surface area is 126 Å². The number of methoxy groups -OCH3 is 1. The van der Waals surface area contributed by atoms with Gasteiger partial charge >= 0.3 is 0 Å². The van der Waals surface area contributed by atoms with Gasteiger partial charge in [0.05, 0.1) is 13.0 Å². The molecule has 0 heterocycles. The average molecular weight is 299 g/mol. The maximum Gasteiger partial charge on any atom is 0.224 e. The van der Waals surface area contributed by atoms with Crippen molar-refractivity contribution in [2.75, 3.05) is 13.7 Å². The molecule has 4 nitrogen and oxygen atoms in total. The van der Waals surface area contributed by atoms with Crippen LogP contribution in [0.2, 0.25) is 0 Å². The maximum atomic E-state index is 11.9. The SMILES string of the molecule is COc1ccc(CCNC(=O)C2CCCC2N)cc1.Cl. The summed E-state index contributed by atoms with van der Waals surface area (Å²) >= 11 is 0. The molecule has 20 heavy (non-hydrogen) atoms. The highest BCUT2D eigenvalue weighted by Gasteiger charge is 2.29. The summed E-state index contributed by atoms with van der Waals surface area (Å²) in [4.78, 5) is 11.9. The number of hydrogen-bond acceptors (Lipinski definition) is 3. The van der Waals surface area contributed by atoms with E-state index in [9.17, 15) is 4.79 Å². The van der Waals surface area contributed by atoms with Crippen LogP contribution in [0.15, 0.2) is 24.3 Å². The molecule has 5 heteroatoms. The molecule has 1 saturated carbocycles. The van der Waals surface area contributed by atoms with Crippen LogP contribution in [0.1, 0.15) is 24.8 Å². The topological polar surface area (TPSA) is 64.3 Å². The average Bonchev–Trinajstić information content (AvgIpc) is 2.86. The normalized spacial score (nSPS) is 21.1. The predicted octanol–water partition coefficient (Wildman–Crippen LogP) is 1.90. The molecular formula is C15H23ClN2O2. The second-order valence-corrected chi connectivity index (χ2v) is 5.09. The van der Waals surface area contributed by atoms with Gasteiger partial charge in [0, 0.05) is 12.6 Å². The lowest BCUT2D eigenvalue weighted by molar-refractivity contribution is -0.125. The minimum Gasteiger partial charge on any atom is -0.497 e. The highest BCUT2D eigenvalue weighted by molar-refractivity contribution is 5.85. The minimum atomic E-state index is 0. The Morgan fingerprint density at radius 1 is 1.35 bits per heavy atom.